The summed E-state index contributed by atoms with van der Waals surface area (Å²) in [6.45, 7) is 6.44. The first-order chi connectivity index (χ1) is 15.1. The lowest BCUT2D eigenvalue weighted by molar-refractivity contribution is -0.144. The average molecular weight is 462 g/mol. The lowest BCUT2D eigenvalue weighted by Gasteiger charge is -2.34. The smallest absolute Gasteiger partial charge is 0.248 e. The minimum absolute atomic E-state index is 0.124. The van der Waals surface area contributed by atoms with E-state index in [1.54, 1.807) is 10.9 Å². The van der Waals surface area contributed by atoms with Crippen LogP contribution in [0.3, 0.4) is 0 Å². The summed E-state index contributed by atoms with van der Waals surface area (Å²) in [7, 11) is 0. The molecule has 1 saturated heterocycles. The van der Waals surface area contributed by atoms with Crippen molar-refractivity contribution in [1.29, 1.82) is 0 Å². The van der Waals surface area contributed by atoms with Crippen molar-refractivity contribution >= 4 is 28.3 Å². The number of hydrogen-bond acceptors (Lipinski definition) is 8. The number of likely N-dealkylation sites (tertiary alicyclic amines) is 1. The number of nitrogens with one attached hydrogen (secondary N) is 1. The maximum absolute atomic E-state index is 13.7. The fraction of sp³-hybridized carbons (Fsp3) is 0.667. The van der Waals surface area contributed by atoms with E-state index < -0.39 is 23.6 Å². The van der Waals surface area contributed by atoms with Gasteiger partial charge in [0.15, 0.2) is 5.13 Å². The highest BCUT2D eigenvalue weighted by Crippen LogP contribution is 2.40. The number of aliphatic hydroxyl groups is 1. The Labute approximate surface area is 191 Å². The topological polar surface area (TPSA) is 139 Å². The summed E-state index contributed by atoms with van der Waals surface area (Å²) in [6.07, 6.45) is 5.83. The van der Waals surface area contributed by atoms with Crippen molar-refractivity contribution in [3.63, 3.8) is 0 Å². The van der Waals surface area contributed by atoms with Crippen LogP contribution in [0, 0.1) is 5.41 Å². The molecule has 2 aromatic rings. The number of carbonyl (C=O) groups is 2. The fourth-order valence-corrected chi connectivity index (χ4v) is 4.87. The summed E-state index contributed by atoms with van der Waals surface area (Å²) in [4.78, 5) is 33.1. The van der Waals surface area contributed by atoms with Crippen LogP contribution in [0.1, 0.15) is 62.6 Å². The normalized spacial score (nSPS) is 22.2. The number of amides is 2. The molecular weight excluding hydrogens is 430 g/mol. The van der Waals surface area contributed by atoms with Crippen LogP contribution in [-0.2, 0) is 16.0 Å². The first kappa shape index (κ1) is 22.7. The second-order valence-electron chi connectivity index (χ2n) is 9.77. The van der Waals surface area contributed by atoms with Gasteiger partial charge in [0, 0.05) is 49.1 Å². The number of nitrogens with two attached hydrogens (primary N) is 1. The molecule has 32 heavy (non-hydrogen) atoms. The fourth-order valence-electron chi connectivity index (χ4n) is 4.19. The Morgan fingerprint density at radius 1 is 1.38 bits per heavy atom. The van der Waals surface area contributed by atoms with Gasteiger partial charge in [-0.05, 0) is 18.3 Å². The molecule has 10 nitrogen and oxygen atoms in total. The zero-order valence-electron chi connectivity index (χ0n) is 18.7. The van der Waals surface area contributed by atoms with Crippen LogP contribution in [0.2, 0.25) is 0 Å². The highest BCUT2D eigenvalue weighted by Gasteiger charge is 2.45. The molecule has 0 bridgehead atoms. The van der Waals surface area contributed by atoms with Gasteiger partial charge in [-0.1, -0.05) is 26.0 Å². The maximum atomic E-state index is 13.7. The van der Waals surface area contributed by atoms with Gasteiger partial charge in [-0.25, -0.2) is 9.67 Å². The van der Waals surface area contributed by atoms with Gasteiger partial charge in [0.2, 0.25) is 11.8 Å². The molecule has 0 aromatic carbocycles. The Kier molecular flexibility index (Phi) is 6.22. The monoisotopic (exact) mass is 461 g/mol. The number of aromatic nitrogens is 4. The van der Waals surface area contributed by atoms with Gasteiger partial charge in [-0.2, -0.15) is 0 Å². The molecule has 4 rings (SSSR count). The third kappa shape index (κ3) is 4.93. The molecule has 4 N–H and O–H groups in total. The van der Waals surface area contributed by atoms with Crippen molar-refractivity contribution in [2.45, 2.75) is 70.6 Å². The van der Waals surface area contributed by atoms with Crippen LogP contribution in [0.4, 0.5) is 5.13 Å². The lowest BCUT2D eigenvalue weighted by Crippen LogP contribution is -2.50. The number of thiazole rings is 1. The van der Waals surface area contributed by atoms with E-state index >= 15 is 0 Å². The van der Waals surface area contributed by atoms with E-state index in [1.165, 1.54) is 16.2 Å². The number of nitrogens with zero attached hydrogens (tertiary/aromatic N) is 5. The number of aliphatic hydroxyl groups excluding tert-OH is 1. The van der Waals surface area contributed by atoms with Gasteiger partial charge in [-0.3, -0.25) is 9.59 Å². The lowest BCUT2D eigenvalue weighted by atomic mass is 9.85. The first-order valence-corrected chi connectivity index (χ1v) is 11.8. The van der Waals surface area contributed by atoms with Crippen molar-refractivity contribution in [3.05, 3.63) is 23.0 Å². The first-order valence-electron chi connectivity index (χ1n) is 11.0. The summed E-state index contributed by atoms with van der Waals surface area (Å²) in [6, 6.07) is -1.34. The van der Waals surface area contributed by atoms with Crippen LogP contribution < -0.4 is 11.1 Å². The van der Waals surface area contributed by atoms with Crippen molar-refractivity contribution < 1.29 is 14.7 Å². The van der Waals surface area contributed by atoms with Crippen LogP contribution in [0.5, 0.6) is 0 Å². The Morgan fingerprint density at radius 3 is 2.75 bits per heavy atom. The standard InChI is InChI=1S/C21H31N7O3S/c1-21(2,3)17(28-11-15(25-26-28)12-4-5-12)19(31)27-10-13(29)8-16(27)18(30)23-7-6-14-9-24-20(22)32-14/h9,11-13,16-17,29H,4-8,10H2,1-3H3,(H2,22,24)(H,23,30)/t13-,16+,17-/m1/s1. The number of rotatable bonds is 7. The zero-order chi connectivity index (χ0) is 23.0. The van der Waals surface area contributed by atoms with Crippen LogP contribution in [0.15, 0.2) is 12.4 Å². The summed E-state index contributed by atoms with van der Waals surface area (Å²) >= 11 is 1.39. The molecule has 2 amide bonds. The molecule has 0 unspecified atom stereocenters. The third-order valence-corrected chi connectivity index (χ3v) is 6.84. The second kappa shape index (κ2) is 8.78. The Hall–Kier alpha value is -2.53. The number of hydrogen-bond donors (Lipinski definition) is 3. The molecule has 1 saturated carbocycles. The largest absolute Gasteiger partial charge is 0.391 e. The molecule has 0 radical (unpaired) electrons. The van der Waals surface area contributed by atoms with E-state index in [0.29, 0.717) is 24.0 Å². The molecule has 0 spiro atoms. The quantitative estimate of drug-likeness (QED) is 0.561. The second-order valence-corrected chi connectivity index (χ2v) is 10.9. The van der Waals surface area contributed by atoms with Crippen molar-refractivity contribution in [2.75, 3.05) is 18.8 Å². The summed E-state index contributed by atoms with van der Waals surface area (Å²) in [5, 5.41) is 22.2. The molecule has 3 heterocycles. The van der Waals surface area contributed by atoms with E-state index in [4.69, 9.17) is 5.73 Å². The SMILES string of the molecule is CC(C)(C)[C@@H](C(=O)N1C[C@H](O)C[C@H]1C(=O)NCCc1cnc(N)s1)n1cc(C2CC2)nn1. The highest BCUT2D eigenvalue weighted by atomic mass is 32.1. The molecule has 174 valence electrons. The minimum Gasteiger partial charge on any atom is -0.391 e. The van der Waals surface area contributed by atoms with E-state index in [0.717, 1.165) is 23.4 Å². The molecule has 3 atom stereocenters. The number of carbonyl (C=O) groups excluding carboxylic acids is 2. The predicted molar refractivity (Wildman–Crippen MR) is 120 cm³/mol. The average Bonchev–Trinajstić information content (AvgIpc) is 3.10. The van der Waals surface area contributed by atoms with Crippen molar-refractivity contribution in [3.8, 4) is 0 Å². The van der Waals surface area contributed by atoms with Crippen LogP contribution >= 0.6 is 11.3 Å². The highest BCUT2D eigenvalue weighted by molar-refractivity contribution is 7.15. The summed E-state index contributed by atoms with van der Waals surface area (Å²) in [5.41, 5.74) is 6.10. The number of β-amino-alcohol motifs (C(OH)–C–C–N with tert-alkyl or cyclic N) is 1. The predicted octanol–water partition coefficient (Wildman–Crippen LogP) is 1.10. The number of anilines is 1. The van der Waals surface area contributed by atoms with E-state index in [1.807, 2.05) is 27.0 Å². The van der Waals surface area contributed by atoms with Gasteiger partial charge in [0.25, 0.3) is 0 Å². The van der Waals surface area contributed by atoms with Gasteiger partial charge in [0.05, 0.1) is 11.8 Å². The molecule has 2 fully saturated rings. The van der Waals surface area contributed by atoms with Gasteiger partial charge >= 0.3 is 0 Å². The van der Waals surface area contributed by atoms with E-state index in [2.05, 4.69) is 20.6 Å². The van der Waals surface area contributed by atoms with Gasteiger partial charge in [-0.15, -0.1) is 16.4 Å². The Bertz CT molecular complexity index is 978. The van der Waals surface area contributed by atoms with Gasteiger partial charge < -0.3 is 21.1 Å². The van der Waals surface area contributed by atoms with E-state index in [-0.39, 0.29) is 24.8 Å². The summed E-state index contributed by atoms with van der Waals surface area (Å²) in [5.74, 6) is -0.0607. The Morgan fingerprint density at radius 2 is 2.12 bits per heavy atom. The molecule has 1 aliphatic heterocycles. The zero-order valence-corrected chi connectivity index (χ0v) is 19.5. The van der Waals surface area contributed by atoms with E-state index in [9.17, 15) is 14.7 Å². The Balaban J connectivity index is 1.46. The molecule has 2 aliphatic rings. The third-order valence-electron chi connectivity index (χ3n) is 5.95. The minimum atomic E-state index is -0.741. The van der Waals surface area contributed by atoms with Crippen LogP contribution in [0.25, 0.3) is 0 Å². The van der Waals surface area contributed by atoms with Gasteiger partial charge in [0.1, 0.15) is 12.1 Å². The molecule has 2 aromatic heterocycles. The summed E-state index contributed by atoms with van der Waals surface area (Å²) < 4.78 is 1.63. The van der Waals surface area contributed by atoms with Crippen LogP contribution in [-0.4, -0.2) is 67.0 Å². The maximum Gasteiger partial charge on any atom is 0.248 e. The number of nitrogen functional groups attached to an aromatic ring is 1. The molecular formula is C21H31N7O3S. The molecule has 1 aliphatic carbocycles. The molecule has 11 heteroatoms. The van der Waals surface area contributed by atoms with Crippen molar-refractivity contribution in [2.24, 2.45) is 5.41 Å². The van der Waals surface area contributed by atoms with Crippen molar-refractivity contribution in [1.82, 2.24) is 30.2 Å².